The van der Waals surface area contributed by atoms with E-state index in [1.54, 1.807) is 0 Å². The van der Waals surface area contributed by atoms with Crippen molar-refractivity contribution in [2.45, 2.75) is 53.1 Å². The van der Waals surface area contributed by atoms with Gasteiger partial charge < -0.3 is 10.6 Å². The molecular weight excluding hydrogens is 160 g/mol. The molecule has 2 N–H and O–H groups in total. The number of nitrogens with zero attached hydrogens (tertiary/aromatic N) is 1. The minimum atomic E-state index is -0.103. The zero-order chi connectivity index (χ0) is 10.9. The molecule has 13 heavy (non-hydrogen) atoms. The molecule has 0 spiro atoms. The lowest BCUT2D eigenvalue weighted by Gasteiger charge is -2.38. The van der Waals surface area contributed by atoms with Crippen molar-refractivity contribution < 1.29 is 0 Å². The van der Waals surface area contributed by atoms with Crippen LogP contribution in [-0.2, 0) is 0 Å². The fourth-order valence-electron chi connectivity index (χ4n) is 1.44. The summed E-state index contributed by atoms with van der Waals surface area (Å²) in [6.45, 7) is 14.1. The standard InChI is InChI=1S/C11H26N2/c1-9(10(2,3)4)13(7)8-11(5,6)12/h9H,8,12H2,1-7H3. The van der Waals surface area contributed by atoms with E-state index in [1.165, 1.54) is 0 Å². The summed E-state index contributed by atoms with van der Waals surface area (Å²) < 4.78 is 0. The summed E-state index contributed by atoms with van der Waals surface area (Å²) in [5.41, 5.74) is 6.19. The molecule has 0 bridgehead atoms. The third-order valence-corrected chi connectivity index (χ3v) is 2.57. The largest absolute Gasteiger partial charge is 0.324 e. The van der Waals surface area contributed by atoms with E-state index in [0.29, 0.717) is 11.5 Å². The first-order valence-corrected chi connectivity index (χ1v) is 5.03. The quantitative estimate of drug-likeness (QED) is 0.731. The van der Waals surface area contributed by atoms with Gasteiger partial charge in [-0.15, -0.1) is 0 Å². The van der Waals surface area contributed by atoms with Crippen LogP contribution in [0.15, 0.2) is 0 Å². The van der Waals surface area contributed by atoms with Crippen molar-refractivity contribution >= 4 is 0 Å². The molecule has 0 aliphatic rings. The van der Waals surface area contributed by atoms with Crippen LogP contribution in [0.2, 0.25) is 0 Å². The molecule has 2 nitrogen and oxygen atoms in total. The van der Waals surface area contributed by atoms with Gasteiger partial charge in [-0.1, -0.05) is 20.8 Å². The minimum Gasteiger partial charge on any atom is -0.324 e. The van der Waals surface area contributed by atoms with Gasteiger partial charge in [0.2, 0.25) is 0 Å². The van der Waals surface area contributed by atoms with E-state index in [-0.39, 0.29) is 5.54 Å². The molecule has 0 heterocycles. The lowest BCUT2D eigenvalue weighted by molar-refractivity contribution is 0.121. The molecule has 1 atom stereocenters. The number of nitrogens with two attached hydrogens (primary N) is 1. The molecule has 0 aliphatic heterocycles. The Hall–Kier alpha value is -0.0800. The van der Waals surface area contributed by atoms with Crippen LogP contribution in [0.25, 0.3) is 0 Å². The van der Waals surface area contributed by atoms with Crippen LogP contribution in [0.3, 0.4) is 0 Å². The number of rotatable bonds is 3. The van der Waals surface area contributed by atoms with Crippen LogP contribution in [0, 0.1) is 5.41 Å². The van der Waals surface area contributed by atoms with E-state index >= 15 is 0 Å². The fourth-order valence-corrected chi connectivity index (χ4v) is 1.44. The predicted octanol–water partition coefficient (Wildman–Crippen LogP) is 2.09. The molecule has 1 unspecified atom stereocenters. The molecule has 0 aromatic rings. The molecule has 0 saturated carbocycles. The summed E-state index contributed by atoms with van der Waals surface area (Å²) in [5.74, 6) is 0. The first-order valence-electron chi connectivity index (χ1n) is 5.03. The molecule has 0 fully saturated rings. The Morgan fingerprint density at radius 1 is 1.15 bits per heavy atom. The molecule has 0 saturated heterocycles. The highest BCUT2D eigenvalue weighted by atomic mass is 15.2. The van der Waals surface area contributed by atoms with Crippen LogP contribution < -0.4 is 5.73 Å². The second-order valence-electron chi connectivity index (χ2n) is 5.95. The Bertz CT molecular complexity index is 150. The monoisotopic (exact) mass is 186 g/mol. The first-order chi connectivity index (χ1) is 5.54. The van der Waals surface area contributed by atoms with Gasteiger partial charge in [0, 0.05) is 18.1 Å². The molecule has 0 amide bonds. The topological polar surface area (TPSA) is 29.3 Å². The molecule has 0 rings (SSSR count). The van der Waals surface area contributed by atoms with Gasteiger partial charge in [0.05, 0.1) is 0 Å². The first kappa shape index (κ1) is 12.9. The van der Waals surface area contributed by atoms with E-state index in [2.05, 4.69) is 53.5 Å². The van der Waals surface area contributed by atoms with Crippen LogP contribution in [0.5, 0.6) is 0 Å². The lowest BCUT2D eigenvalue weighted by Crippen LogP contribution is -2.49. The third kappa shape index (κ3) is 5.27. The van der Waals surface area contributed by atoms with Crippen molar-refractivity contribution in [2.75, 3.05) is 13.6 Å². The van der Waals surface area contributed by atoms with Gasteiger partial charge in [-0.2, -0.15) is 0 Å². The maximum atomic E-state index is 5.98. The highest BCUT2D eigenvalue weighted by Crippen LogP contribution is 2.23. The van der Waals surface area contributed by atoms with Gasteiger partial charge in [0.25, 0.3) is 0 Å². The van der Waals surface area contributed by atoms with Gasteiger partial charge in [0.15, 0.2) is 0 Å². The molecule has 0 aliphatic carbocycles. The van der Waals surface area contributed by atoms with Gasteiger partial charge >= 0.3 is 0 Å². The lowest BCUT2D eigenvalue weighted by atomic mass is 9.86. The predicted molar refractivity (Wildman–Crippen MR) is 59.8 cm³/mol. The van der Waals surface area contributed by atoms with Crippen molar-refractivity contribution in [2.24, 2.45) is 11.1 Å². The maximum absolute atomic E-state index is 5.98. The van der Waals surface area contributed by atoms with Gasteiger partial charge in [-0.3, -0.25) is 0 Å². The molecule has 2 heteroatoms. The molecular formula is C11H26N2. The summed E-state index contributed by atoms with van der Waals surface area (Å²) in [5, 5.41) is 0. The Kier molecular flexibility index (Phi) is 3.95. The SMILES string of the molecule is CC(N(C)CC(C)(C)N)C(C)(C)C. The summed E-state index contributed by atoms with van der Waals surface area (Å²) in [6, 6.07) is 0.551. The van der Waals surface area contributed by atoms with E-state index < -0.39 is 0 Å². The van der Waals surface area contributed by atoms with Crippen molar-refractivity contribution in [1.29, 1.82) is 0 Å². The van der Waals surface area contributed by atoms with E-state index in [9.17, 15) is 0 Å². The summed E-state index contributed by atoms with van der Waals surface area (Å²) in [6.07, 6.45) is 0. The van der Waals surface area contributed by atoms with E-state index in [4.69, 9.17) is 5.73 Å². The molecule has 0 aromatic carbocycles. The zero-order valence-electron chi connectivity index (χ0n) is 10.3. The normalized spacial score (nSPS) is 16.4. The fraction of sp³-hybridized carbons (Fsp3) is 1.00. The Morgan fingerprint density at radius 2 is 1.54 bits per heavy atom. The second-order valence-corrected chi connectivity index (χ2v) is 5.95. The van der Waals surface area contributed by atoms with Crippen molar-refractivity contribution in [3.8, 4) is 0 Å². The summed E-state index contributed by atoms with van der Waals surface area (Å²) >= 11 is 0. The highest BCUT2D eigenvalue weighted by molar-refractivity contribution is 4.83. The van der Waals surface area contributed by atoms with Crippen LogP contribution in [0.4, 0.5) is 0 Å². The van der Waals surface area contributed by atoms with Crippen molar-refractivity contribution in [1.82, 2.24) is 4.90 Å². The van der Waals surface area contributed by atoms with Crippen LogP contribution in [0.1, 0.15) is 41.5 Å². The average molecular weight is 186 g/mol. The van der Waals surface area contributed by atoms with Crippen LogP contribution >= 0.6 is 0 Å². The zero-order valence-corrected chi connectivity index (χ0v) is 10.3. The Labute approximate surface area is 83.5 Å². The molecule has 80 valence electrons. The summed E-state index contributed by atoms with van der Waals surface area (Å²) in [4.78, 5) is 2.33. The molecule has 0 radical (unpaired) electrons. The third-order valence-electron chi connectivity index (χ3n) is 2.57. The van der Waals surface area contributed by atoms with E-state index in [0.717, 1.165) is 6.54 Å². The Morgan fingerprint density at radius 3 is 1.77 bits per heavy atom. The van der Waals surface area contributed by atoms with Crippen LogP contribution in [-0.4, -0.2) is 30.1 Å². The summed E-state index contributed by atoms with van der Waals surface area (Å²) in [7, 11) is 2.14. The Balaban J connectivity index is 4.20. The maximum Gasteiger partial charge on any atom is 0.0226 e. The van der Waals surface area contributed by atoms with Gasteiger partial charge in [-0.25, -0.2) is 0 Å². The van der Waals surface area contributed by atoms with Crippen molar-refractivity contribution in [3.05, 3.63) is 0 Å². The number of hydrogen-bond acceptors (Lipinski definition) is 2. The average Bonchev–Trinajstić information content (AvgIpc) is 1.79. The van der Waals surface area contributed by atoms with Gasteiger partial charge in [0.1, 0.15) is 0 Å². The molecule has 0 aromatic heterocycles. The number of hydrogen-bond donors (Lipinski definition) is 1. The van der Waals surface area contributed by atoms with Crippen molar-refractivity contribution in [3.63, 3.8) is 0 Å². The minimum absolute atomic E-state index is 0.103. The highest BCUT2D eigenvalue weighted by Gasteiger charge is 2.26. The smallest absolute Gasteiger partial charge is 0.0226 e. The second kappa shape index (κ2) is 3.97. The van der Waals surface area contributed by atoms with Gasteiger partial charge in [-0.05, 0) is 33.2 Å². The number of likely N-dealkylation sites (N-methyl/N-ethyl adjacent to an activating group) is 1. The van der Waals surface area contributed by atoms with E-state index in [1.807, 2.05) is 0 Å².